The highest BCUT2D eigenvalue weighted by Crippen LogP contribution is 2.27. The molecule has 0 fully saturated rings. The fourth-order valence-electron chi connectivity index (χ4n) is 2.30. The van der Waals surface area contributed by atoms with Crippen LogP contribution in [0.5, 0.6) is 5.75 Å². The van der Waals surface area contributed by atoms with Crippen molar-refractivity contribution in [1.29, 1.82) is 0 Å². The van der Waals surface area contributed by atoms with E-state index in [-0.39, 0.29) is 22.9 Å². The van der Waals surface area contributed by atoms with E-state index in [1.165, 1.54) is 0 Å². The number of rotatable bonds is 2. The molecule has 4 N–H and O–H groups in total. The predicted molar refractivity (Wildman–Crippen MR) is 81.1 cm³/mol. The molecule has 4 nitrogen and oxygen atoms in total. The molecule has 0 heterocycles. The monoisotopic (exact) mass is 270 g/mol. The smallest absolute Gasteiger partial charge is 0.259 e. The molecule has 0 bridgehead atoms. The summed E-state index contributed by atoms with van der Waals surface area (Å²) >= 11 is 0. The van der Waals surface area contributed by atoms with Gasteiger partial charge in [0.25, 0.3) is 5.91 Å². The minimum Gasteiger partial charge on any atom is -0.505 e. The van der Waals surface area contributed by atoms with Crippen molar-refractivity contribution >= 4 is 17.3 Å². The second-order valence-electron chi connectivity index (χ2n) is 4.97. The van der Waals surface area contributed by atoms with Gasteiger partial charge in [-0.3, -0.25) is 4.79 Å². The van der Waals surface area contributed by atoms with Crippen LogP contribution in [0.15, 0.2) is 30.3 Å². The summed E-state index contributed by atoms with van der Waals surface area (Å²) in [5, 5.41) is 12.7. The standard InChI is InChI=1S/C16H18N2O2/c1-9-7-10(2)14(11(3)8-9)18-16(20)12-5-4-6-13(17)15(12)19/h4-8,19H,17H2,1-3H3,(H,18,20). The molecule has 0 saturated carbocycles. The van der Waals surface area contributed by atoms with Crippen molar-refractivity contribution in [3.8, 4) is 5.75 Å². The summed E-state index contributed by atoms with van der Waals surface area (Å²) in [5.41, 5.74) is 9.84. The van der Waals surface area contributed by atoms with E-state index in [2.05, 4.69) is 5.32 Å². The van der Waals surface area contributed by atoms with Gasteiger partial charge >= 0.3 is 0 Å². The molecular weight excluding hydrogens is 252 g/mol. The molecule has 0 spiro atoms. The Morgan fingerprint density at radius 1 is 1.15 bits per heavy atom. The highest BCUT2D eigenvalue weighted by atomic mass is 16.3. The molecular formula is C16H18N2O2. The number of benzene rings is 2. The Hall–Kier alpha value is -2.49. The van der Waals surface area contributed by atoms with Crippen LogP contribution in [0.4, 0.5) is 11.4 Å². The van der Waals surface area contributed by atoms with Crippen LogP contribution in [-0.2, 0) is 0 Å². The Kier molecular flexibility index (Phi) is 3.66. The van der Waals surface area contributed by atoms with Crippen molar-refractivity contribution in [2.24, 2.45) is 0 Å². The normalized spacial score (nSPS) is 10.3. The molecule has 0 aliphatic carbocycles. The molecule has 0 aliphatic rings. The van der Waals surface area contributed by atoms with Gasteiger partial charge in [-0.25, -0.2) is 0 Å². The van der Waals surface area contributed by atoms with Gasteiger partial charge in [0.15, 0.2) is 5.75 Å². The number of hydrogen-bond acceptors (Lipinski definition) is 3. The molecule has 2 aromatic carbocycles. The highest BCUT2D eigenvalue weighted by molar-refractivity contribution is 6.07. The van der Waals surface area contributed by atoms with Crippen LogP contribution in [0.2, 0.25) is 0 Å². The summed E-state index contributed by atoms with van der Waals surface area (Å²) in [5.74, 6) is -0.558. The SMILES string of the molecule is Cc1cc(C)c(NC(=O)c2cccc(N)c2O)c(C)c1. The second-order valence-corrected chi connectivity index (χ2v) is 4.97. The molecule has 0 aliphatic heterocycles. The van der Waals surface area contributed by atoms with E-state index in [1.54, 1.807) is 18.2 Å². The summed E-state index contributed by atoms with van der Waals surface area (Å²) in [6.45, 7) is 5.89. The lowest BCUT2D eigenvalue weighted by Gasteiger charge is -2.13. The average molecular weight is 270 g/mol. The maximum atomic E-state index is 12.2. The maximum Gasteiger partial charge on any atom is 0.259 e. The molecule has 0 radical (unpaired) electrons. The number of aromatic hydroxyl groups is 1. The van der Waals surface area contributed by atoms with Crippen molar-refractivity contribution < 1.29 is 9.90 Å². The number of amides is 1. The molecule has 2 aromatic rings. The molecule has 104 valence electrons. The maximum absolute atomic E-state index is 12.2. The molecule has 0 unspecified atom stereocenters. The first-order valence-electron chi connectivity index (χ1n) is 6.37. The minimum absolute atomic E-state index is 0.171. The Morgan fingerprint density at radius 2 is 1.75 bits per heavy atom. The average Bonchev–Trinajstić information content (AvgIpc) is 2.36. The first kappa shape index (κ1) is 13.9. The van der Waals surface area contributed by atoms with E-state index in [0.29, 0.717) is 0 Å². The number of phenolic OH excluding ortho intramolecular Hbond substituents is 1. The van der Waals surface area contributed by atoms with Gasteiger partial charge in [0.2, 0.25) is 0 Å². The van der Waals surface area contributed by atoms with Crippen LogP contribution in [0, 0.1) is 20.8 Å². The molecule has 0 saturated heterocycles. The van der Waals surface area contributed by atoms with Gasteiger partial charge in [-0.15, -0.1) is 0 Å². The molecule has 0 atom stereocenters. The van der Waals surface area contributed by atoms with Crippen LogP contribution < -0.4 is 11.1 Å². The Bertz CT molecular complexity index is 655. The van der Waals surface area contributed by atoms with E-state index < -0.39 is 0 Å². The minimum atomic E-state index is -0.371. The fourth-order valence-corrected chi connectivity index (χ4v) is 2.30. The van der Waals surface area contributed by atoms with E-state index in [4.69, 9.17) is 5.73 Å². The van der Waals surface area contributed by atoms with E-state index in [9.17, 15) is 9.90 Å². The summed E-state index contributed by atoms with van der Waals surface area (Å²) in [7, 11) is 0. The van der Waals surface area contributed by atoms with Crippen LogP contribution >= 0.6 is 0 Å². The number of aryl methyl sites for hydroxylation is 3. The molecule has 4 heteroatoms. The zero-order valence-electron chi connectivity index (χ0n) is 11.8. The third-order valence-electron chi connectivity index (χ3n) is 3.23. The number of anilines is 2. The number of nitrogen functional groups attached to an aromatic ring is 1. The number of para-hydroxylation sites is 1. The van der Waals surface area contributed by atoms with Gasteiger partial charge in [0, 0.05) is 5.69 Å². The predicted octanol–water partition coefficient (Wildman–Crippen LogP) is 3.15. The zero-order chi connectivity index (χ0) is 14.9. The molecule has 20 heavy (non-hydrogen) atoms. The topological polar surface area (TPSA) is 75.4 Å². The van der Waals surface area contributed by atoms with E-state index in [1.807, 2.05) is 32.9 Å². The number of phenols is 1. The summed E-state index contributed by atoms with van der Waals surface area (Å²) in [6.07, 6.45) is 0. The van der Waals surface area contributed by atoms with Crippen molar-refractivity contribution in [3.63, 3.8) is 0 Å². The summed E-state index contributed by atoms with van der Waals surface area (Å²) in [4.78, 5) is 12.2. The Balaban J connectivity index is 2.36. The van der Waals surface area contributed by atoms with Crippen LogP contribution in [-0.4, -0.2) is 11.0 Å². The molecule has 1 amide bonds. The van der Waals surface area contributed by atoms with Gasteiger partial charge in [0.05, 0.1) is 11.3 Å². The van der Waals surface area contributed by atoms with Crippen molar-refractivity contribution in [3.05, 3.63) is 52.6 Å². The lowest BCUT2D eigenvalue weighted by Crippen LogP contribution is -2.14. The van der Waals surface area contributed by atoms with Gasteiger partial charge in [-0.05, 0) is 44.0 Å². The number of nitrogens with one attached hydrogen (secondary N) is 1. The van der Waals surface area contributed by atoms with Gasteiger partial charge < -0.3 is 16.2 Å². The number of carbonyl (C=O) groups excluding carboxylic acids is 1. The van der Waals surface area contributed by atoms with Crippen LogP contribution in [0.1, 0.15) is 27.0 Å². The largest absolute Gasteiger partial charge is 0.505 e. The Morgan fingerprint density at radius 3 is 2.35 bits per heavy atom. The lowest BCUT2D eigenvalue weighted by atomic mass is 10.0. The zero-order valence-corrected chi connectivity index (χ0v) is 11.8. The van der Waals surface area contributed by atoms with Gasteiger partial charge in [-0.2, -0.15) is 0 Å². The third kappa shape index (κ3) is 2.59. The first-order valence-corrected chi connectivity index (χ1v) is 6.37. The summed E-state index contributed by atoms with van der Waals surface area (Å²) < 4.78 is 0. The van der Waals surface area contributed by atoms with E-state index >= 15 is 0 Å². The third-order valence-corrected chi connectivity index (χ3v) is 3.23. The highest BCUT2D eigenvalue weighted by Gasteiger charge is 2.15. The van der Waals surface area contributed by atoms with Gasteiger partial charge in [0.1, 0.15) is 0 Å². The number of nitrogens with two attached hydrogens (primary N) is 1. The second kappa shape index (κ2) is 5.25. The molecule has 0 aromatic heterocycles. The first-order chi connectivity index (χ1) is 9.40. The lowest BCUT2D eigenvalue weighted by molar-refractivity contribution is 0.102. The number of carbonyl (C=O) groups is 1. The van der Waals surface area contributed by atoms with E-state index in [0.717, 1.165) is 22.4 Å². The van der Waals surface area contributed by atoms with Gasteiger partial charge in [-0.1, -0.05) is 23.8 Å². The molecule has 2 rings (SSSR count). The fraction of sp³-hybridized carbons (Fsp3) is 0.188. The van der Waals surface area contributed by atoms with Crippen LogP contribution in [0.25, 0.3) is 0 Å². The van der Waals surface area contributed by atoms with Crippen LogP contribution in [0.3, 0.4) is 0 Å². The summed E-state index contributed by atoms with van der Waals surface area (Å²) in [6, 6.07) is 8.73. The van der Waals surface area contributed by atoms with Crippen molar-refractivity contribution in [1.82, 2.24) is 0 Å². The Labute approximate surface area is 118 Å². The van der Waals surface area contributed by atoms with Crippen molar-refractivity contribution in [2.45, 2.75) is 20.8 Å². The van der Waals surface area contributed by atoms with Crippen molar-refractivity contribution in [2.75, 3.05) is 11.1 Å². The quantitative estimate of drug-likeness (QED) is 0.579. The number of hydrogen-bond donors (Lipinski definition) is 3.